The predicted octanol–water partition coefficient (Wildman–Crippen LogP) is 6.39. The summed E-state index contributed by atoms with van der Waals surface area (Å²) in [6, 6.07) is 13.2. The number of aromatic nitrogens is 1. The van der Waals surface area contributed by atoms with Crippen molar-refractivity contribution in [2.45, 2.75) is 44.6 Å². The monoisotopic (exact) mass is 411 g/mol. The van der Waals surface area contributed by atoms with E-state index in [0.717, 1.165) is 41.7 Å². The highest BCUT2D eigenvalue weighted by Gasteiger charge is 2.20. The molecule has 3 aromatic rings. The lowest BCUT2D eigenvalue weighted by Crippen LogP contribution is -2.21. The van der Waals surface area contributed by atoms with Crippen LogP contribution in [0, 0.1) is 15.9 Å². The van der Waals surface area contributed by atoms with Crippen LogP contribution < -0.4 is 4.80 Å². The van der Waals surface area contributed by atoms with Gasteiger partial charge in [-0.25, -0.2) is 9.38 Å². The number of benzene rings is 2. The van der Waals surface area contributed by atoms with E-state index in [1.165, 1.54) is 42.4 Å². The summed E-state index contributed by atoms with van der Waals surface area (Å²) in [6.45, 7) is 0. The number of hydrogen-bond donors (Lipinski definition) is 0. The molecule has 0 saturated heterocycles. The van der Waals surface area contributed by atoms with Crippen molar-refractivity contribution < 1.29 is 9.31 Å². The van der Waals surface area contributed by atoms with Crippen LogP contribution in [-0.4, -0.2) is 9.49 Å². The quantitative estimate of drug-likeness (QED) is 0.284. The zero-order valence-electron chi connectivity index (χ0n) is 16.0. The normalized spacial score (nSPS) is 16.0. The maximum atomic E-state index is 13.3. The van der Waals surface area contributed by atoms with Crippen molar-refractivity contribution in [1.29, 1.82) is 0 Å². The highest BCUT2D eigenvalue weighted by Crippen LogP contribution is 2.33. The Morgan fingerprint density at radius 3 is 2.48 bits per heavy atom. The van der Waals surface area contributed by atoms with E-state index in [4.69, 9.17) is 4.99 Å². The van der Waals surface area contributed by atoms with Gasteiger partial charge in [0.25, 0.3) is 5.69 Å². The summed E-state index contributed by atoms with van der Waals surface area (Å²) in [4.78, 5) is 16.5. The van der Waals surface area contributed by atoms with Crippen LogP contribution in [0.1, 0.15) is 44.6 Å². The molecule has 7 heteroatoms. The molecule has 1 fully saturated rings. The fourth-order valence-corrected chi connectivity index (χ4v) is 4.87. The van der Waals surface area contributed by atoms with Gasteiger partial charge in [0.15, 0.2) is 4.80 Å². The summed E-state index contributed by atoms with van der Waals surface area (Å²) in [6.07, 6.45) is 6.93. The van der Waals surface area contributed by atoms with Crippen molar-refractivity contribution in [2.75, 3.05) is 0 Å². The number of non-ortho nitro benzene ring substituents is 1. The van der Waals surface area contributed by atoms with Crippen LogP contribution in [-0.2, 0) is 0 Å². The fourth-order valence-electron chi connectivity index (χ4n) is 3.89. The van der Waals surface area contributed by atoms with Gasteiger partial charge in [0.1, 0.15) is 5.82 Å². The van der Waals surface area contributed by atoms with Gasteiger partial charge in [-0.3, -0.25) is 10.1 Å². The fraction of sp³-hybridized carbons (Fsp3) is 0.318. The molecule has 0 unspecified atom stereocenters. The predicted molar refractivity (Wildman–Crippen MR) is 113 cm³/mol. The number of hydrogen-bond acceptors (Lipinski definition) is 4. The Hall–Kier alpha value is -2.80. The minimum atomic E-state index is -0.365. The molecule has 0 N–H and O–H groups in total. The van der Waals surface area contributed by atoms with Crippen molar-refractivity contribution >= 4 is 22.7 Å². The second kappa shape index (κ2) is 8.69. The Morgan fingerprint density at radius 2 is 1.79 bits per heavy atom. The van der Waals surface area contributed by atoms with Gasteiger partial charge in [0.05, 0.1) is 16.3 Å². The molecule has 1 aromatic heterocycles. The second-order valence-electron chi connectivity index (χ2n) is 7.31. The van der Waals surface area contributed by atoms with Crippen LogP contribution in [0.25, 0.3) is 11.3 Å². The van der Waals surface area contributed by atoms with Gasteiger partial charge < -0.3 is 4.57 Å². The smallest absolute Gasteiger partial charge is 0.270 e. The molecule has 2 aromatic carbocycles. The summed E-state index contributed by atoms with van der Waals surface area (Å²) in [5, 5.41) is 13.3. The molecular formula is C22H22FN3O2S. The zero-order chi connectivity index (χ0) is 20.2. The average Bonchev–Trinajstić information content (AvgIpc) is 2.95. The van der Waals surface area contributed by atoms with Gasteiger partial charge in [-0.05, 0) is 37.1 Å². The molecule has 1 aliphatic rings. The Labute approximate surface area is 172 Å². The van der Waals surface area contributed by atoms with Gasteiger partial charge in [0.2, 0.25) is 0 Å². The molecule has 0 radical (unpaired) electrons. The molecule has 0 atom stereocenters. The third kappa shape index (κ3) is 4.45. The van der Waals surface area contributed by atoms with E-state index < -0.39 is 0 Å². The van der Waals surface area contributed by atoms with E-state index in [1.807, 2.05) is 11.4 Å². The van der Waals surface area contributed by atoms with Gasteiger partial charge in [-0.1, -0.05) is 37.8 Å². The Balaban J connectivity index is 1.85. The van der Waals surface area contributed by atoms with Crippen LogP contribution in [0.4, 0.5) is 15.8 Å². The molecule has 29 heavy (non-hydrogen) atoms. The van der Waals surface area contributed by atoms with Gasteiger partial charge in [-0.2, -0.15) is 0 Å². The number of nitrogens with zero attached hydrogens (tertiary/aromatic N) is 3. The molecule has 5 nitrogen and oxygen atoms in total. The van der Waals surface area contributed by atoms with Crippen LogP contribution in [0.3, 0.4) is 0 Å². The lowest BCUT2D eigenvalue weighted by Gasteiger charge is -2.20. The summed E-state index contributed by atoms with van der Waals surface area (Å²) in [7, 11) is 0. The van der Waals surface area contributed by atoms with Crippen molar-refractivity contribution in [2.24, 2.45) is 4.99 Å². The molecule has 0 amide bonds. The third-order valence-electron chi connectivity index (χ3n) is 5.34. The number of nitro groups is 1. The molecule has 4 rings (SSSR count). The Kier molecular flexibility index (Phi) is 5.85. The van der Waals surface area contributed by atoms with E-state index >= 15 is 0 Å². The standard InChI is InChI=1S/C22H22FN3O2S/c23-17-10-12-18(13-11-17)24-22-25(19-7-3-1-2-4-8-19)21(15-29-22)16-6-5-9-20(14-16)26(27)28/h5-6,9-15,19H,1-4,7-8H2. The van der Waals surface area contributed by atoms with E-state index in [0.29, 0.717) is 11.7 Å². The van der Waals surface area contributed by atoms with E-state index in [1.54, 1.807) is 24.3 Å². The van der Waals surface area contributed by atoms with Gasteiger partial charge in [-0.15, -0.1) is 11.3 Å². The van der Waals surface area contributed by atoms with Crippen LogP contribution in [0.2, 0.25) is 0 Å². The van der Waals surface area contributed by atoms with E-state index in [2.05, 4.69) is 4.57 Å². The Morgan fingerprint density at radius 1 is 1.07 bits per heavy atom. The molecule has 0 bridgehead atoms. The van der Waals surface area contributed by atoms with Crippen LogP contribution >= 0.6 is 11.3 Å². The summed E-state index contributed by atoms with van der Waals surface area (Å²) in [5.41, 5.74) is 2.55. The van der Waals surface area contributed by atoms with Crippen molar-refractivity contribution in [3.63, 3.8) is 0 Å². The number of rotatable bonds is 4. The van der Waals surface area contributed by atoms with Crippen LogP contribution in [0.15, 0.2) is 58.9 Å². The highest BCUT2D eigenvalue weighted by molar-refractivity contribution is 7.07. The lowest BCUT2D eigenvalue weighted by atomic mass is 10.1. The van der Waals surface area contributed by atoms with Crippen molar-refractivity contribution in [1.82, 2.24) is 4.57 Å². The molecule has 1 heterocycles. The SMILES string of the molecule is O=[N+]([O-])c1cccc(-c2csc(=Nc3ccc(F)cc3)n2C2CCCCCC2)c1. The summed E-state index contributed by atoms with van der Waals surface area (Å²) >= 11 is 1.52. The summed E-state index contributed by atoms with van der Waals surface area (Å²) < 4.78 is 15.5. The third-order valence-corrected chi connectivity index (χ3v) is 6.18. The highest BCUT2D eigenvalue weighted by atomic mass is 32.1. The minimum Gasteiger partial charge on any atom is -0.313 e. The molecule has 150 valence electrons. The van der Waals surface area contributed by atoms with Crippen molar-refractivity contribution in [3.8, 4) is 11.3 Å². The van der Waals surface area contributed by atoms with Gasteiger partial charge >= 0.3 is 0 Å². The molecule has 1 saturated carbocycles. The number of nitro benzene ring substituents is 1. The first-order valence-electron chi connectivity index (χ1n) is 9.87. The molecule has 0 aliphatic heterocycles. The Bertz CT molecular complexity index is 1060. The second-order valence-corrected chi connectivity index (χ2v) is 8.15. The number of thiazole rings is 1. The summed E-state index contributed by atoms with van der Waals surface area (Å²) in [5.74, 6) is -0.288. The maximum Gasteiger partial charge on any atom is 0.270 e. The van der Waals surface area contributed by atoms with Crippen LogP contribution in [0.5, 0.6) is 0 Å². The largest absolute Gasteiger partial charge is 0.313 e. The van der Waals surface area contributed by atoms with E-state index in [-0.39, 0.29) is 16.4 Å². The topological polar surface area (TPSA) is 60.4 Å². The molecule has 1 aliphatic carbocycles. The maximum absolute atomic E-state index is 13.3. The first kappa shape index (κ1) is 19.5. The number of halogens is 1. The zero-order valence-corrected chi connectivity index (χ0v) is 16.8. The molecular weight excluding hydrogens is 389 g/mol. The van der Waals surface area contributed by atoms with Crippen molar-refractivity contribution in [3.05, 3.63) is 74.6 Å². The average molecular weight is 412 g/mol. The molecule has 0 spiro atoms. The van der Waals surface area contributed by atoms with Gasteiger partial charge in [0, 0.05) is 29.1 Å². The lowest BCUT2D eigenvalue weighted by molar-refractivity contribution is -0.384. The first-order chi connectivity index (χ1) is 14.1. The minimum absolute atomic E-state index is 0.0816. The van der Waals surface area contributed by atoms with E-state index in [9.17, 15) is 14.5 Å². The first-order valence-corrected chi connectivity index (χ1v) is 10.7.